The van der Waals surface area contributed by atoms with Gasteiger partial charge in [-0.15, -0.1) is 0 Å². The minimum Gasteiger partial charge on any atom is -0.374 e. The molecule has 0 spiro atoms. The van der Waals surface area contributed by atoms with Gasteiger partial charge in [-0.25, -0.2) is 0 Å². The van der Waals surface area contributed by atoms with E-state index in [2.05, 4.69) is 76.3 Å². The molecule has 1 saturated heterocycles. The van der Waals surface area contributed by atoms with Crippen LogP contribution in [0.2, 0.25) is 0 Å². The molecule has 3 aromatic rings. The van der Waals surface area contributed by atoms with Crippen molar-refractivity contribution in [3.05, 3.63) is 108 Å². The molecule has 374 valence electrons. The number of benzene rings is 3. The van der Waals surface area contributed by atoms with Gasteiger partial charge in [0.25, 0.3) is 0 Å². The molecule has 4 rings (SSSR count). The molecule has 8 atom stereocenters. The van der Waals surface area contributed by atoms with Crippen LogP contribution in [-0.4, -0.2) is 74.2 Å². The van der Waals surface area contributed by atoms with Gasteiger partial charge in [0.2, 0.25) is 11.8 Å². The number of carbonyl (C=O) groups is 2. The second-order valence-corrected chi connectivity index (χ2v) is 19.5. The van der Waals surface area contributed by atoms with Gasteiger partial charge in [-0.3, -0.25) is 9.59 Å². The van der Waals surface area contributed by atoms with E-state index in [0.717, 1.165) is 61.6 Å². The Kier molecular flexibility index (Phi) is 28.3. The van der Waals surface area contributed by atoms with Crippen LogP contribution in [0.3, 0.4) is 0 Å². The smallest absolute Gasteiger partial charge is 0.240 e. The van der Waals surface area contributed by atoms with Crippen molar-refractivity contribution in [1.82, 2.24) is 10.2 Å². The third-order valence-electron chi connectivity index (χ3n) is 13.9. The predicted octanol–water partition coefficient (Wildman–Crippen LogP) is 13.0. The molecule has 1 heterocycles. The van der Waals surface area contributed by atoms with E-state index in [0.29, 0.717) is 38.8 Å². The summed E-state index contributed by atoms with van der Waals surface area (Å²) in [7, 11) is 1.72. The van der Waals surface area contributed by atoms with Crippen molar-refractivity contribution in [2.75, 3.05) is 26.8 Å². The Hall–Kier alpha value is -3.60. The Labute approximate surface area is 406 Å². The number of nitrogens with one attached hydrogen (secondary N) is 1. The van der Waals surface area contributed by atoms with E-state index < -0.39 is 18.4 Å². The summed E-state index contributed by atoms with van der Waals surface area (Å²) < 4.78 is 33.8. The predicted molar refractivity (Wildman–Crippen MR) is 272 cm³/mol. The second-order valence-electron chi connectivity index (χ2n) is 19.5. The summed E-state index contributed by atoms with van der Waals surface area (Å²) in [5.41, 5.74) is 3.23. The highest BCUT2D eigenvalue weighted by atomic mass is 16.7. The number of nitrogens with zero attached hydrogens (tertiary/aromatic N) is 1. The molecule has 1 aliphatic rings. The van der Waals surface area contributed by atoms with Gasteiger partial charge in [-0.2, -0.15) is 0 Å². The van der Waals surface area contributed by atoms with Crippen LogP contribution in [0.25, 0.3) is 0 Å². The molecule has 0 bridgehead atoms. The number of amides is 2. The maximum absolute atomic E-state index is 14.2. The molecule has 0 aliphatic carbocycles. The number of rotatable bonds is 36. The van der Waals surface area contributed by atoms with Crippen molar-refractivity contribution in [1.29, 1.82) is 0 Å². The van der Waals surface area contributed by atoms with Crippen LogP contribution >= 0.6 is 0 Å². The Morgan fingerprint density at radius 3 is 1.66 bits per heavy atom. The molecule has 0 radical (unpaired) electrons. The highest BCUT2D eigenvalue weighted by Crippen LogP contribution is 2.36. The van der Waals surface area contributed by atoms with Crippen molar-refractivity contribution >= 4 is 11.8 Å². The van der Waals surface area contributed by atoms with Gasteiger partial charge < -0.3 is 33.9 Å². The van der Waals surface area contributed by atoms with E-state index >= 15 is 0 Å². The van der Waals surface area contributed by atoms with Crippen LogP contribution in [0, 0.1) is 17.8 Å². The Morgan fingerprint density at radius 2 is 1.10 bits per heavy atom. The average Bonchev–Trinajstić information content (AvgIpc) is 3.34. The number of hydrogen-bond donors (Lipinski definition) is 1. The van der Waals surface area contributed by atoms with Crippen molar-refractivity contribution in [2.45, 2.75) is 201 Å². The summed E-state index contributed by atoms with van der Waals surface area (Å²) in [5.74, 6) is 0.352. The zero-order valence-corrected chi connectivity index (χ0v) is 42.6. The van der Waals surface area contributed by atoms with Crippen LogP contribution in [0.5, 0.6) is 0 Å². The largest absolute Gasteiger partial charge is 0.374 e. The fourth-order valence-electron chi connectivity index (χ4n) is 9.16. The SMILES string of the molecule is CCCCCCCCCCCCCC[C@@H](OCc1ccccc1)[C@@H](OCc1ccccc1)[C@H](CO[C@H]1OC(COCc2ccccc2)[C@H](C)[C@H](C)C1C)NC(=O)CN(C)C(=O)CCCCCC. The Balaban J connectivity index is 1.55. The summed E-state index contributed by atoms with van der Waals surface area (Å²) in [6, 6.07) is 30.0. The van der Waals surface area contributed by atoms with Gasteiger partial charge >= 0.3 is 0 Å². The maximum atomic E-state index is 14.2. The molecular weight excluding hydrogens is 837 g/mol. The first kappa shape index (κ1) is 56.0. The van der Waals surface area contributed by atoms with E-state index in [4.69, 9.17) is 23.7 Å². The monoisotopic (exact) mass is 927 g/mol. The van der Waals surface area contributed by atoms with Crippen molar-refractivity contribution < 1.29 is 33.3 Å². The molecular formula is C58H90N2O7. The lowest BCUT2D eigenvalue weighted by Crippen LogP contribution is -2.56. The van der Waals surface area contributed by atoms with Gasteiger partial charge in [0, 0.05) is 19.4 Å². The molecule has 3 aromatic carbocycles. The highest BCUT2D eigenvalue weighted by molar-refractivity contribution is 5.84. The van der Waals surface area contributed by atoms with Crippen molar-refractivity contribution in [2.24, 2.45) is 17.8 Å². The number of hydrogen-bond acceptors (Lipinski definition) is 7. The third kappa shape index (κ3) is 22.1. The molecule has 2 unspecified atom stereocenters. The molecule has 2 amide bonds. The number of ether oxygens (including phenoxy) is 5. The molecule has 1 aliphatic heterocycles. The molecule has 9 nitrogen and oxygen atoms in total. The fraction of sp³-hybridized carbons (Fsp3) is 0.655. The summed E-state index contributed by atoms with van der Waals surface area (Å²) in [5, 5.41) is 3.34. The molecule has 9 heteroatoms. The second kappa shape index (κ2) is 33.8. The first-order valence-corrected chi connectivity index (χ1v) is 26.4. The number of unbranched alkanes of at least 4 members (excludes halogenated alkanes) is 14. The van der Waals surface area contributed by atoms with E-state index in [9.17, 15) is 9.59 Å². The van der Waals surface area contributed by atoms with Crippen LogP contribution in [-0.2, 0) is 53.1 Å². The molecule has 1 N–H and O–H groups in total. The lowest BCUT2D eigenvalue weighted by Gasteiger charge is -2.44. The first-order chi connectivity index (χ1) is 32.7. The minimum atomic E-state index is -0.611. The number of likely N-dealkylation sites (N-methyl/N-ethyl adjacent to an activating group) is 1. The van der Waals surface area contributed by atoms with Gasteiger partial charge in [0.05, 0.1) is 57.8 Å². The van der Waals surface area contributed by atoms with E-state index in [-0.39, 0.29) is 49.0 Å². The average molecular weight is 927 g/mol. The molecule has 0 aromatic heterocycles. The van der Waals surface area contributed by atoms with Gasteiger partial charge in [0.15, 0.2) is 6.29 Å². The quantitative estimate of drug-likeness (QED) is 0.0580. The normalized spacial score (nSPS) is 19.7. The zero-order valence-electron chi connectivity index (χ0n) is 42.6. The van der Waals surface area contributed by atoms with Gasteiger partial charge in [-0.05, 0) is 41.4 Å². The first-order valence-electron chi connectivity index (χ1n) is 26.4. The van der Waals surface area contributed by atoms with E-state index in [1.165, 1.54) is 64.2 Å². The molecule has 1 fully saturated rings. The maximum Gasteiger partial charge on any atom is 0.240 e. The standard InChI is InChI=1S/C58H90N2O7/c1-7-9-11-13-14-15-16-17-18-19-20-30-38-53(64-42-50-34-26-22-27-35-50)57(65-43-51-36-28-23-29-37-51)52(59-55(61)40-60(6)56(62)39-31-12-10-8-2)44-66-58-48(5)46(3)47(4)54(67-58)45-63-41-49-32-24-21-25-33-49/h21-29,32-37,46-48,52-54,57-58H,7-20,30-31,38-45H2,1-6H3,(H,59,61)/t46-,47+,48?,52-,53+,54?,57-,58-/m0/s1. The summed E-state index contributed by atoms with van der Waals surface area (Å²) in [6.07, 6.45) is 18.7. The van der Waals surface area contributed by atoms with Crippen molar-refractivity contribution in [3.63, 3.8) is 0 Å². The van der Waals surface area contributed by atoms with Gasteiger partial charge in [0.1, 0.15) is 6.10 Å². The third-order valence-corrected chi connectivity index (χ3v) is 13.9. The Bertz CT molecular complexity index is 1700. The lowest BCUT2D eigenvalue weighted by molar-refractivity contribution is -0.262. The van der Waals surface area contributed by atoms with Crippen LogP contribution < -0.4 is 5.32 Å². The summed E-state index contributed by atoms with van der Waals surface area (Å²) in [6.45, 7) is 12.9. The topological polar surface area (TPSA) is 95.6 Å². The molecule has 0 saturated carbocycles. The highest BCUT2D eigenvalue weighted by Gasteiger charge is 2.41. The van der Waals surface area contributed by atoms with Crippen LogP contribution in [0.15, 0.2) is 91.0 Å². The van der Waals surface area contributed by atoms with E-state index in [1.54, 1.807) is 11.9 Å². The van der Waals surface area contributed by atoms with Crippen molar-refractivity contribution in [3.8, 4) is 0 Å². The summed E-state index contributed by atoms with van der Waals surface area (Å²) in [4.78, 5) is 28.9. The summed E-state index contributed by atoms with van der Waals surface area (Å²) >= 11 is 0. The fourth-order valence-corrected chi connectivity index (χ4v) is 9.16. The molecule has 67 heavy (non-hydrogen) atoms. The van der Waals surface area contributed by atoms with Crippen LogP contribution in [0.1, 0.15) is 167 Å². The minimum absolute atomic E-state index is 0.0277. The van der Waals surface area contributed by atoms with E-state index in [1.807, 2.05) is 54.6 Å². The van der Waals surface area contributed by atoms with Crippen LogP contribution in [0.4, 0.5) is 0 Å². The van der Waals surface area contributed by atoms with Gasteiger partial charge in [-0.1, -0.05) is 222 Å². The Morgan fingerprint density at radius 1 is 0.612 bits per heavy atom. The number of carbonyl (C=O) groups excluding carboxylic acids is 2. The lowest BCUT2D eigenvalue weighted by atomic mass is 9.79. The zero-order chi connectivity index (χ0) is 47.9.